The van der Waals surface area contributed by atoms with Gasteiger partial charge < -0.3 is 19.2 Å². The summed E-state index contributed by atoms with van der Waals surface area (Å²) in [5.74, 6) is 1.72. The normalized spacial score (nSPS) is 21.0. The summed E-state index contributed by atoms with van der Waals surface area (Å²) in [7, 11) is 1.66. The molecule has 0 spiro atoms. The Hall–Kier alpha value is -1.52. The van der Waals surface area contributed by atoms with Crippen molar-refractivity contribution in [1.82, 2.24) is 5.32 Å². The molecule has 4 nitrogen and oxygen atoms in total. The van der Waals surface area contributed by atoms with E-state index in [0.29, 0.717) is 6.04 Å². The van der Waals surface area contributed by atoms with Crippen LogP contribution in [0.5, 0.6) is 5.75 Å². The van der Waals surface area contributed by atoms with E-state index in [1.54, 1.807) is 7.11 Å². The Bertz CT molecular complexity index is 572. The van der Waals surface area contributed by atoms with Crippen molar-refractivity contribution in [3.05, 3.63) is 30.0 Å². The fraction of sp³-hybridized carbons (Fsp3) is 0.500. The van der Waals surface area contributed by atoms with E-state index in [0.717, 1.165) is 48.5 Å². The molecule has 108 valence electrons. The zero-order valence-electron chi connectivity index (χ0n) is 12.0. The average Bonchev–Trinajstić information content (AvgIpc) is 2.92. The molecule has 0 bridgehead atoms. The number of rotatable bonds is 4. The van der Waals surface area contributed by atoms with Gasteiger partial charge in [-0.2, -0.15) is 0 Å². The van der Waals surface area contributed by atoms with Crippen LogP contribution in [0.4, 0.5) is 0 Å². The van der Waals surface area contributed by atoms with Crippen molar-refractivity contribution in [2.24, 2.45) is 0 Å². The number of nitrogens with one attached hydrogen (secondary N) is 1. The van der Waals surface area contributed by atoms with Crippen LogP contribution in [0.2, 0.25) is 0 Å². The van der Waals surface area contributed by atoms with Crippen LogP contribution in [0.25, 0.3) is 11.0 Å². The Morgan fingerprint density at radius 2 is 2.30 bits per heavy atom. The van der Waals surface area contributed by atoms with Gasteiger partial charge in [0.1, 0.15) is 5.76 Å². The van der Waals surface area contributed by atoms with E-state index in [-0.39, 0.29) is 6.04 Å². The lowest BCUT2D eigenvalue weighted by atomic mass is 10.1. The summed E-state index contributed by atoms with van der Waals surface area (Å²) >= 11 is 0. The second kappa shape index (κ2) is 5.85. The van der Waals surface area contributed by atoms with Crippen molar-refractivity contribution in [2.75, 3.05) is 20.3 Å². The summed E-state index contributed by atoms with van der Waals surface area (Å²) in [5, 5.41) is 4.65. The molecule has 1 N–H and O–H groups in total. The topological polar surface area (TPSA) is 43.6 Å². The van der Waals surface area contributed by atoms with Gasteiger partial charge in [0.2, 0.25) is 0 Å². The number of para-hydroxylation sites is 1. The standard InChI is InChI=1S/C16H21NO3/c1-11(17-13-6-4-8-19-10-13)15-9-12-5-3-7-14(18-2)16(12)20-15/h3,5,7,9,11,13,17H,4,6,8,10H2,1-2H3. The Morgan fingerprint density at radius 1 is 1.40 bits per heavy atom. The van der Waals surface area contributed by atoms with Crippen LogP contribution in [-0.4, -0.2) is 26.4 Å². The molecule has 20 heavy (non-hydrogen) atoms. The fourth-order valence-corrected chi connectivity index (χ4v) is 2.74. The molecule has 1 aliphatic heterocycles. The van der Waals surface area contributed by atoms with Crippen LogP contribution in [0.15, 0.2) is 28.7 Å². The molecule has 2 atom stereocenters. The predicted molar refractivity (Wildman–Crippen MR) is 78.2 cm³/mol. The van der Waals surface area contributed by atoms with E-state index >= 15 is 0 Å². The molecule has 3 rings (SSSR count). The largest absolute Gasteiger partial charge is 0.493 e. The second-order valence-corrected chi connectivity index (χ2v) is 5.33. The molecular weight excluding hydrogens is 254 g/mol. The van der Waals surface area contributed by atoms with Crippen molar-refractivity contribution in [3.8, 4) is 5.75 Å². The zero-order valence-corrected chi connectivity index (χ0v) is 12.0. The van der Waals surface area contributed by atoms with Crippen LogP contribution in [-0.2, 0) is 4.74 Å². The molecule has 2 unspecified atom stereocenters. The third kappa shape index (κ3) is 2.67. The SMILES string of the molecule is COc1cccc2cc(C(C)NC3CCCOC3)oc12. The average molecular weight is 275 g/mol. The molecule has 0 radical (unpaired) electrons. The maximum absolute atomic E-state index is 5.97. The molecule has 2 heterocycles. The van der Waals surface area contributed by atoms with Crippen LogP contribution >= 0.6 is 0 Å². The highest BCUT2D eigenvalue weighted by Crippen LogP contribution is 2.31. The molecule has 1 aromatic heterocycles. The number of ether oxygens (including phenoxy) is 2. The summed E-state index contributed by atoms with van der Waals surface area (Å²) in [6.07, 6.45) is 2.28. The lowest BCUT2D eigenvalue weighted by Gasteiger charge is -2.25. The lowest BCUT2D eigenvalue weighted by Crippen LogP contribution is -2.38. The maximum atomic E-state index is 5.97. The molecular formula is C16H21NO3. The highest BCUT2D eigenvalue weighted by molar-refractivity contribution is 5.83. The Morgan fingerprint density at radius 3 is 3.05 bits per heavy atom. The van der Waals surface area contributed by atoms with E-state index in [1.165, 1.54) is 0 Å². The van der Waals surface area contributed by atoms with Gasteiger partial charge in [-0.1, -0.05) is 12.1 Å². The van der Waals surface area contributed by atoms with Crippen molar-refractivity contribution in [2.45, 2.75) is 31.8 Å². The number of hydrogen-bond acceptors (Lipinski definition) is 4. The third-order valence-electron chi connectivity index (χ3n) is 3.82. The predicted octanol–water partition coefficient (Wildman–Crippen LogP) is 3.27. The molecule has 4 heteroatoms. The number of furan rings is 1. The summed E-state index contributed by atoms with van der Waals surface area (Å²) in [6, 6.07) is 8.60. The molecule has 1 saturated heterocycles. The minimum absolute atomic E-state index is 0.166. The minimum Gasteiger partial charge on any atom is -0.493 e. The van der Waals surface area contributed by atoms with Gasteiger partial charge in [0.15, 0.2) is 11.3 Å². The van der Waals surface area contributed by atoms with Crippen molar-refractivity contribution in [1.29, 1.82) is 0 Å². The molecule has 2 aromatic rings. The first-order chi connectivity index (χ1) is 9.78. The molecule has 0 saturated carbocycles. The van der Waals surface area contributed by atoms with Crippen LogP contribution in [0.1, 0.15) is 31.6 Å². The Balaban J connectivity index is 1.78. The quantitative estimate of drug-likeness (QED) is 0.930. The Kier molecular flexibility index (Phi) is 3.94. The van der Waals surface area contributed by atoms with E-state index in [4.69, 9.17) is 13.9 Å². The van der Waals surface area contributed by atoms with Gasteiger partial charge in [-0.3, -0.25) is 0 Å². The molecule has 0 amide bonds. The molecule has 1 fully saturated rings. The van der Waals surface area contributed by atoms with E-state index in [2.05, 4.69) is 18.3 Å². The van der Waals surface area contributed by atoms with Crippen molar-refractivity contribution in [3.63, 3.8) is 0 Å². The fourth-order valence-electron chi connectivity index (χ4n) is 2.74. The molecule has 1 aliphatic rings. The monoisotopic (exact) mass is 275 g/mol. The summed E-state index contributed by atoms with van der Waals surface area (Å²) < 4.78 is 16.8. The Labute approximate surface area is 119 Å². The second-order valence-electron chi connectivity index (χ2n) is 5.33. The zero-order chi connectivity index (χ0) is 13.9. The first-order valence-corrected chi connectivity index (χ1v) is 7.18. The lowest BCUT2D eigenvalue weighted by molar-refractivity contribution is 0.0662. The smallest absolute Gasteiger partial charge is 0.176 e. The third-order valence-corrected chi connectivity index (χ3v) is 3.82. The minimum atomic E-state index is 0.166. The maximum Gasteiger partial charge on any atom is 0.176 e. The highest BCUT2D eigenvalue weighted by Gasteiger charge is 2.19. The van der Waals surface area contributed by atoms with Crippen molar-refractivity contribution >= 4 is 11.0 Å². The first kappa shape index (κ1) is 13.5. The van der Waals surface area contributed by atoms with Gasteiger partial charge in [-0.15, -0.1) is 0 Å². The van der Waals surface area contributed by atoms with Crippen LogP contribution in [0.3, 0.4) is 0 Å². The highest BCUT2D eigenvalue weighted by atomic mass is 16.5. The van der Waals surface area contributed by atoms with Gasteiger partial charge in [-0.05, 0) is 31.9 Å². The van der Waals surface area contributed by atoms with E-state index < -0.39 is 0 Å². The van der Waals surface area contributed by atoms with Crippen LogP contribution < -0.4 is 10.1 Å². The number of benzene rings is 1. The number of methoxy groups -OCH3 is 1. The summed E-state index contributed by atoms with van der Waals surface area (Å²) in [5.41, 5.74) is 0.818. The summed E-state index contributed by atoms with van der Waals surface area (Å²) in [4.78, 5) is 0. The molecule has 0 aliphatic carbocycles. The molecule has 1 aromatic carbocycles. The van der Waals surface area contributed by atoms with Gasteiger partial charge in [0.25, 0.3) is 0 Å². The van der Waals surface area contributed by atoms with E-state index in [1.807, 2.05) is 18.2 Å². The first-order valence-electron chi connectivity index (χ1n) is 7.18. The van der Waals surface area contributed by atoms with E-state index in [9.17, 15) is 0 Å². The summed E-state index contributed by atoms with van der Waals surface area (Å²) in [6.45, 7) is 3.79. The van der Waals surface area contributed by atoms with Crippen LogP contribution in [0, 0.1) is 0 Å². The van der Waals surface area contributed by atoms with Crippen molar-refractivity contribution < 1.29 is 13.9 Å². The van der Waals surface area contributed by atoms with Gasteiger partial charge in [0, 0.05) is 18.0 Å². The van der Waals surface area contributed by atoms with Gasteiger partial charge in [-0.25, -0.2) is 0 Å². The number of fused-ring (bicyclic) bond motifs is 1. The van der Waals surface area contributed by atoms with Gasteiger partial charge >= 0.3 is 0 Å². The number of hydrogen-bond donors (Lipinski definition) is 1. The van der Waals surface area contributed by atoms with Gasteiger partial charge in [0.05, 0.1) is 19.8 Å².